The van der Waals surface area contributed by atoms with Crippen LogP contribution in [0.2, 0.25) is 0 Å². The number of rotatable bonds is 1. The van der Waals surface area contributed by atoms with Gasteiger partial charge in [0.05, 0.1) is 11.2 Å². The normalized spacial score (nSPS) is 12.9. The minimum absolute atomic E-state index is 0.0196. The zero-order valence-electron chi connectivity index (χ0n) is 10.5. The van der Waals surface area contributed by atoms with Gasteiger partial charge in [-0.3, -0.25) is 9.48 Å². The van der Waals surface area contributed by atoms with Gasteiger partial charge in [0.25, 0.3) is 0 Å². The molecule has 0 atom stereocenters. The van der Waals surface area contributed by atoms with Crippen molar-refractivity contribution in [1.82, 2.24) is 9.78 Å². The molecule has 0 radical (unpaired) electrons. The van der Waals surface area contributed by atoms with Crippen LogP contribution in [0.1, 0.15) is 57.7 Å². The molecule has 0 aliphatic carbocycles. The third kappa shape index (κ3) is 2.46. The number of carbonyl (C=O) groups excluding carboxylic acids is 1. The molecular weight excluding hydrogens is 188 g/mol. The lowest BCUT2D eigenvalue weighted by molar-refractivity contribution is 0.110. The van der Waals surface area contributed by atoms with E-state index in [1.165, 1.54) is 0 Å². The number of hydrogen-bond acceptors (Lipinski definition) is 2. The van der Waals surface area contributed by atoms with Crippen LogP contribution in [0.3, 0.4) is 0 Å². The number of aromatic nitrogens is 2. The molecule has 0 aliphatic rings. The molecule has 3 heteroatoms. The second-order valence-electron chi connectivity index (χ2n) is 5.90. The molecular formula is C12H20N2O. The second-order valence-corrected chi connectivity index (χ2v) is 5.90. The highest BCUT2D eigenvalue weighted by Gasteiger charge is 2.24. The van der Waals surface area contributed by atoms with Crippen molar-refractivity contribution in [3.63, 3.8) is 0 Å². The largest absolute Gasteiger partial charge is 0.296 e. The van der Waals surface area contributed by atoms with Crippen LogP contribution in [0.25, 0.3) is 0 Å². The van der Waals surface area contributed by atoms with Crippen LogP contribution in [-0.2, 0) is 11.0 Å². The van der Waals surface area contributed by atoms with Crippen molar-refractivity contribution in [1.29, 1.82) is 0 Å². The Hall–Kier alpha value is -1.12. The highest BCUT2D eigenvalue weighted by Crippen LogP contribution is 2.24. The maximum Gasteiger partial charge on any atom is 0.168 e. The highest BCUT2D eigenvalue weighted by molar-refractivity contribution is 5.72. The van der Waals surface area contributed by atoms with Crippen molar-refractivity contribution in [3.05, 3.63) is 17.5 Å². The Morgan fingerprint density at radius 3 is 2.00 bits per heavy atom. The summed E-state index contributed by atoms with van der Waals surface area (Å²) in [6.07, 6.45) is 0.869. The van der Waals surface area contributed by atoms with Crippen molar-refractivity contribution in [3.8, 4) is 0 Å². The molecule has 0 saturated heterocycles. The van der Waals surface area contributed by atoms with Crippen LogP contribution in [0, 0.1) is 0 Å². The maximum absolute atomic E-state index is 11.0. The fourth-order valence-electron chi connectivity index (χ4n) is 1.38. The van der Waals surface area contributed by atoms with Gasteiger partial charge in [-0.2, -0.15) is 5.10 Å². The van der Waals surface area contributed by atoms with Crippen molar-refractivity contribution >= 4 is 6.29 Å². The zero-order valence-corrected chi connectivity index (χ0v) is 10.5. The van der Waals surface area contributed by atoms with E-state index in [-0.39, 0.29) is 11.0 Å². The highest BCUT2D eigenvalue weighted by atomic mass is 16.1. The molecule has 1 heterocycles. The van der Waals surface area contributed by atoms with E-state index in [0.29, 0.717) is 5.69 Å². The summed E-state index contributed by atoms with van der Waals surface area (Å²) >= 11 is 0. The molecule has 0 N–H and O–H groups in total. The second kappa shape index (κ2) is 3.47. The zero-order chi connectivity index (χ0) is 11.9. The summed E-state index contributed by atoms with van der Waals surface area (Å²) in [5.41, 5.74) is 1.43. The number of hydrogen-bond donors (Lipinski definition) is 0. The number of nitrogens with zero attached hydrogens (tertiary/aromatic N) is 2. The average Bonchev–Trinajstić information content (AvgIpc) is 2.44. The lowest BCUT2D eigenvalue weighted by atomic mass is 9.92. The minimum atomic E-state index is -0.153. The fourth-order valence-corrected chi connectivity index (χ4v) is 1.38. The van der Waals surface area contributed by atoms with E-state index in [1.807, 2.05) is 26.8 Å². The van der Waals surface area contributed by atoms with Crippen molar-refractivity contribution in [2.24, 2.45) is 0 Å². The van der Waals surface area contributed by atoms with Crippen molar-refractivity contribution < 1.29 is 4.79 Å². The molecule has 0 amide bonds. The molecule has 1 rings (SSSR count). The Balaban J connectivity index is 3.30. The monoisotopic (exact) mass is 208 g/mol. The first-order valence-corrected chi connectivity index (χ1v) is 5.22. The van der Waals surface area contributed by atoms with Gasteiger partial charge in [-0.05, 0) is 26.8 Å². The minimum Gasteiger partial charge on any atom is -0.296 e. The Kier molecular flexibility index (Phi) is 2.77. The topological polar surface area (TPSA) is 34.9 Å². The molecule has 0 aromatic carbocycles. The van der Waals surface area contributed by atoms with Gasteiger partial charge in [-0.15, -0.1) is 0 Å². The summed E-state index contributed by atoms with van der Waals surface area (Å²) in [6, 6.07) is 1.87. The van der Waals surface area contributed by atoms with Gasteiger partial charge in [0.15, 0.2) is 6.29 Å². The third-order valence-electron chi connectivity index (χ3n) is 2.26. The smallest absolute Gasteiger partial charge is 0.168 e. The summed E-state index contributed by atoms with van der Waals surface area (Å²) < 4.78 is 1.79. The van der Waals surface area contributed by atoms with Gasteiger partial charge >= 0.3 is 0 Å². The van der Waals surface area contributed by atoms with E-state index in [1.54, 1.807) is 4.68 Å². The molecule has 0 unspecified atom stereocenters. The average molecular weight is 208 g/mol. The summed E-state index contributed by atoms with van der Waals surface area (Å²) in [6.45, 7) is 12.4. The Morgan fingerprint density at radius 1 is 1.20 bits per heavy atom. The molecule has 84 valence electrons. The van der Waals surface area contributed by atoms with Gasteiger partial charge in [-0.1, -0.05) is 20.8 Å². The predicted octanol–water partition coefficient (Wildman–Crippen LogP) is 2.75. The SMILES string of the molecule is CC(C)(C)c1cc(C=O)n(C(C)(C)C)n1. The van der Waals surface area contributed by atoms with Gasteiger partial charge in [0.1, 0.15) is 5.69 Å². The van der Waals surface area contributed by atoms with Gasteiger partial charge in [0.2, 0.25) is 0 Å². The van der Waals surface area contributed by atoms with E-state index in [4.69, 9.17) is 0 Å². The van der Waals surface area contributed by atoms with Gasteiger partial charge in [-0.25, -0.2) is 0 Å². The van der Waals surface area contributed by atoms with Crippen molar-refractivity contribution in [2.75, 3.05) is 0 Å². The molecule has 1 aromatic heterocycles. The van der Waals surface area contributed by atoms with E-state index >= 15 is 0 Å². The van der Waals surface area contributed by atoms with Crippen LogP contribution < -0.4 is 0 Å². The summed E-state index contributed by atoms with van der Waals surface area (Å²) in [7, 11) is 0. The van der Waals surface area contributed by atoms with Gasteiger partial charge in [0, 0.05) is 5.41 Å². The van der Waals surface area contributed by atoms with Gasteiger partial charge < -0.3 is 0 Å². The maximum atomic E-state index is 11.0. The van der Waals surface area contributed by atoms with Crippen LogP contribution in [-0.4, -0.2) is 16.1 Å². The van der Waals surface area contributed by atoms with Crippen LogP contribution in [0.15, 0.2) is 6.07 Å². The standard InChI is InChI=1S/C12H20N2O/c1-11(2,3)10-7-9(8-15)14(13-10)12(4,5)6/h7-8H,1-6H3. The quantitative estimate of drug-likeness (QED) is 0.665. The summed E-state index contributed by atoms with van der Waals surface area (Å²) in [5.74, 6) is 0. The molecule has 0 saturated carbocycles. The van der Waals surface area contributed by atoms with E-state index < -0.39 is 0 Å². The molecule has 15 heavy (non-hydrogen) atoms. The first kappa shape index (κ1) is 12.0. The fraction of sp³-hybridized carbons (Fsp3) is 0.667. The first-order chi connectivity index (χ1) is 6.66. The predicted molar refractivity (Wildman–Crippen MR) is 61.3 cm³/mol. The molecule has 0 aliphatic heterocycles. The lowest BCUT2D eigenvalue weighted by Gasteiger charge is -2.21. The molecule has 0 fully saturated rings. The Bertz CT molecular complexity index is 364. The van der Waals surface area contributed by atoms with E-state index in [9.17, 15) is 4.79 Å². The van der Waals surface area contributed by atoms with Crippen LogP contribution in [0.5, 0.6) is 0 Å². The van der Waals surface area contributed by atoms with Crippen LogP contribution >= 0.6 is 0 Å². The number of carbonyl (C=O) groups is 1. The first-order valence-electron chi connectivity index (χ1n) is 5.22. The molecule has 1 aromatic rings. The molecule has 0 spiro atoms. The molecule has 0 bridgehead atoms. The van der Waals surface area contributed by atoms with E-state index in [0.717, 1.165) is 12.0 Å². The Labute approximate surface area is 91.5 Å². The summed E-state index contributed by atoms with van der Waals surface area (Å²) in [4.78, 5) is 11.0. The third-order valence-corrected chi connectivity index (χ3v) is 2.26. The number of aldehydes is 1. The lowest BCUT2D eigenvalue weighted by Crippen LogP contribution is -2.26. The Morgan fingerprint density at radius 2 is 1.73 bits per heavy atom. The van der Waals surface area contributed by atoms with Crippen LogP contribution in [0.4, 0.5) is 0 Å². The van der Waals surface area contributed by atoms with Crippen molar-refractivity contribution in [2.45, 2.75) is 52.5 Å². The molecule has 3 nitrogen and oxygen atoms in total. The van der Waals surface area contributed by atoms with E-state index in [2.05, 4.69) is 25.9 Å². The summed E-state index contributed by atoms with van der Waals surface area (Å²) in [5, 5.41) is 4.51.